The molecule has 0 unspecified atom stereocenters. The van der Waals surface area contributed by atoms with Crippen molar-refractivity contribution in [1.82, 2.24) is 14.8 Å². The number of H-pyrrole nitrogens is 1. The van der Waals surface area contributed by atoms with Gasteiger partial charge in [-0.1, -0.05) is 13.8 Å². The molecule has 1 aromatic heterocycles. The number of aromatic nitrogens is 1. The molecule has 0 fully saturated rings. The lowest BCUT2D eigenvalue weighted by molar-refractivity contribution is -0.110. The van der Waals surface area contributed by atoms with E-state index in [-0.39, 0.29) is 29.9 Å². The summed E-state index contributed by atoms with van der Waals surface area (Å²) in [6.45, 7) is -2.33. The summed E-state index contributed by atoms with van der Waals surface area (Å²) in [6.07, 6.45) is 1.03. The molecular weight excluding hydrogens is 478 g/mol. The molecule has 190 valence electrons. The van der Waals surface area contributed by atoms with Crippen molar-refractivity contribution >= 4 is 37.0 Å². The summed E-state index contributed by atoms with van der Waals surface area (Å²) >= 11 is 0. The number of phosphoric ester groups is 1. The van der Waals surface area contributed by atoms with Crippen molar-refractivity contribution in [2.45, 2.75) is 27.6 Å². The van der Waals surface area contributed by atoms with Gasteiger partial charge in [0, 0.05) is 44.0 Å². The van der Waals surface area contributed by atoms with Gasteiger partial charge in [0.05, 0.1) is 11.1 Å². The molecule has 12 heteroatoms. The zero-order chi connectivity index (χ0) is 30.9. The predicted molar refractivity (Wildman–Crippen MR) is 130 cm³/mol. The Balaban J connectivity index is 2.23. The van der Waals surface area contributed by atoms with Crippen molar-refractivity contribution in [1.29, 1.82) is 0 Å². The topological polar surface area (TPSA) is 135 Å². The Bertz CT molecular complexity index is 1400. The molecule has 2 aromatic rings. The lowest BCUT2D eigenvalue weighted by Crippen LogP contribution is -2.40. The Hall–Kier alpha value is -2.82. The van der Waals surface area contributed by atoms with Crippen molar-refractivity contribution in [3.05, 3.63) is 52.1 Å². The Morgan fingerprint density at radius 1 is 1.26 bits per heavy atom. The second kappa shape index (κ2) is 10.8. The minimum absolute atomic E-state index is 0.0975. The van der Waals surface area contributed by atoms with Crippen molar-refractivity contribution in [2.75, 3.05) is 38.2 Å². The molecule has 2 amide bonds. The minimum atomic E-state index is -5.08. The van der Waals surface area contributed by atoms with Crippen LogP contribution < -0.4 is 5.32 Å². The molecule has 0 spiro atoms. The summed E-state index contributed by atoms with van der Waals surface area (Å²) in [6, 6.07) is 3.46. The molecule has 3 rings (SSSR count). The first-order valence-corrected chi connectivity index (χ1v) is 12.2. The van der Waals surface area contributed by atoms with E-state index in [2.05, 4.69) is 14.8 Å². The second-order valence-electron chi connectivity index (χ2n) is 7.71. The van der Waals surface area contributed by atoms with E-state index in [9.17, 15) is 28.3 Å². The molecular formula is C23H30FN4O6P. The number of halogens is 1. The van der Waals surface area contributed by atoms with Gasteiger partial charge in [0.2, 0.25) is 0 Å². The van der Waals surface area contributed by atoms with Crippen LogP contribution in [-0.2, 0) is 13.9 Å². The predicted octanol–water partition coefficient (Wildman–Crippen LogP) is 3.11. The van der Waals surface area contributed by atoms with E-state index >= 15 is 0 Å². The third-order valence-corrected chi connectivity index (χ3v) is 6.00. The zero-order valence-corrected chi connectivity index (χ0v) is 20.0. The van der Waals surface area contributed by atoms with Gasteiger partial charge in [0.1, 0.15) is 12.5 Å². The first-order valence-electron chi connectivity index (χ1n) is 13.7. The van der Waals surface area contributed by atoms with Crippen LogP contribution in [0.5, 0.6) is 0 Å². The number of rotatable bonds is 10. The van der Waals surface area contributed by atoms with Gasteiger partial charge in [-0.05, 0) is 56.6 Å². The molecule has 4 N–H and O–H groups in total. The van der Waals surface area contributed by atoms with Crippen LogP contribution in [-0.4, -0.2) is 69.3 Å². The number of phosphoric acid groups is 1. The standard InChI is InChI=1S/C23H30FN4O6P/c1-5-27(6-2)9-10-28(13-34-35(31,32)33)23(30)21-14(3)20(25-15(21)4)12-18-17-11-16(24)7-8-19(17)26-22(18)29/h7-8,11-12,25H,5-6,9-10,13H2,1-4H3,(H,26,29)(H2,31,32,33)/b18-12-/i3D3,4D3. The molecule has 2 heterocycles. The number of aromatic amines is 1. The molecule has 0 bridgehead atoms. The maximum absolute atomic E-state index is 14.0. The summed E-state index contributed by atoms with van der Waals surface area (Å²) in [5, 5.41) is 2.51. The van der Waals surface area contributed by atoms with Gasteiger partial charge in [-0.25, -0.2) is 8.96 Å². The summed E-state index contributed by atoms with van der Waals surface area (Å²) < 4.78 is 78.3. The highest BCUT2D eigenvalue weighted by atomic mass is 31.2. The molecule has 0 saturated heterocycles. The fourth-order valence-corrected chi connectivity index (χ4v) is 3.91. The van der Waals surface area contributed by atoms with Crippen LogP contribution in [0.3, 0.4) is 0 Å². The van der Waals surface area contributed by atoms with E-state index in [1.807, 2.05) is 18.7 Å². The van der Waals surface area contributed by atoms with Gasteiger partial charge in [0.25, 0.3) is 11.8 Å². The van der Waals surface area contributed by atoms with Crippen LogP contribution in [0.4, 0.5) is 10.1 Å². The third kappa shape index (κ3) is 6.25. The van der Waals surface area contributed by atoms with Gasteiger partial charge in [-0.3, -0.25) is 14.1 Å². The highest BCUT2D eigenvalue weighted by Crippen LogP contribution is 2.36. The van der Waals surface area contributed by atoms with Crippen molar-refractivity contribution in [2.24, 2.45) is 0 Å². The highest BCUT2D eigenvalue weighted by molar-refractivity contribution is 7.46. The molecule has 1 aliphatic rings. The van der Waals surface area contributed by atoms with Gasteiger partial charge in [0.15, 0.2) is 0 Å². The normalized spacial score (nSPS) is 17.8. The smallest absolute Gasteiger partial charge is 0.358 e. The molecule has 0 atom stereocenters. The highest BCUT2D eigenvalue weighted by Gasteiger charge is 2.28. The van der Waals surface area contributed by atoms with Crippen LogP contribution in [0.2, 0.25) is 0 Å². The molecule has 35 heavy (non-hydrogen) atoms. The first-order chi connectivity index (χ1) is 18.9. The van der Waals surface area contributed by atoms with Gasteiger partial charge in [-0.15, -0.1) is 0 Å². The van der Waals surface area contributed by atoms with Crippen LogP contribution in [0.15, 0.2) is 18.2 Å². The van der Waals surface area contributed by atoms with E-state index in [0.29, 0.717) is 13.1 Å². The lowest BCUT2D eigenvalue weighted by atomic mass is 10.0. The summed E-state index contributed by atoms with van der Waals surface area (Å²) in [5.41, 5.74) is -2.50. The van der Waals surface area contributed by atoms with E-state index in [1.165, 1.54) is 6.07 Å². The van der Waals surface area contributed by atoms with Crippen molar-refractivity contribution in [3.63, 3.8) is 0 Å². The number of hydrogen-bond donors (Lipinski definition) is 4. The van der Waals surface area contributed by atoms with Gasteiger partial charge >= 0.3 is 7.82 Å². The second-order valence-corrected chi connectivity index (χ2v) is 8.95. The maximum Gasteiger partial charge on any atom is 0.471 e. The molecule has 10 nitrogen and oxygen atoms in total. The number of hydrogen-bond acceptors (Lipinski definition) is 5. The Morgan fingerprint density at radius 3 is 2.63 bits per heavy atom. The van der Waals surface area contributed by atoms with Crippen LogP contribution in [0.1, 0.15) is 54.9 Å². The first kappa shape index (κ1) is 19.4. The average Bonchev–Trinajstić information content (AvgIpc) is 3.39. The number of likely N-dealkylation sites (N-methyl/N-ethyl adjacent to an activating group) is 1. The van der Waals surface area contributed by atoms with Crippen molar-refractivity contribution < 1.29 is 41.1 Å². The summed E-state index contributed by atoms with van der Waals surface area (Å²) in [5.74, 6) is -2.57. The number of aryl methyl sites for hydroxylation is 1. The van der Waals surface area contributed by atoms with Crippen molar-refractivity contribution in [3.8, 4) is 0 Å². The Kier molecular flexibility index (Phi) is 6.00. The Morgan fingerprint density at radius 2 is 2.00 bits per heavy atom. The van der Waals surface area contributed by atoms with Crippen LogP contribution in [0, 0.1) is 19.5 Å². The number of carbonyl (C=O) groups excluding carboxylic acids is 2. The quantitative estimate of drug-likeness (QED) is 0.217. The molecule has 0 radical (unpaired) electrons. The molecule has 1 aromatic carbocycles. The molecule has 1 aliphatic heterocycles. The Labute approximate surface area is 211 Å². The van der Waals surface area contributed by atoms with E-state index in [4.69, 9.17) is 8.22 Å². The number of carbonyl (C=O) groups is 2. The fraction of sp³-hybridized carbons (Fsp3) is 0.391. The fourth-order valence-electron chi connectivity index (χ4n) is 3.62. The third-order valence-electron chi connectivity index (χ3n) is 5.55. The SMILES string of the molecule is [2H]C([2H])([2H])c1[nH]c(/C=C2\C(=O)Nc3ccc(F)cc32)c(C([2H])([2H])[2H])c1C(=O)N(CCN(CC)CC)COP(=O)(O)O. The average molecular weight is 515 g/mol. The number of fused-ring (bicyclic) bond motifs is 1. The molecule has 0 aliphatic carbocycles. The maximum atomic E-state index is 14.0. The van der Waals surface area contributed by atoms with E-state index in [1.54, 1.807) is 0 Å². The van der Waals surface area contributed by atoms with Gasteiger partial charge < -0.3 is 29.9 Å². The minimum Gasteiger partial charge on any atom is -0.358 e. The largest absolute Gasteiger partial charge is 0.471 e. The van der Waals surface area contributed by atoms with Crippen LogP contribution >= 0.6 is 7.82 Å². The summed E-state index contributed by atoms with van der Waals surface area (Å²) in [4.78, 5) is 50.1. The van der Waals surface area contributed by atoms with E-state index in [0.717, 1.165) is 23.1 Å². The number of anilines is 1. The van der Waals surface area contributed by atoms with Gasteiger partial charge in [-0.2, -0.15) is 0 Å². The van der Waals surface area contributed by atoms with Crippen LogP contribution in [0.25, 0.3) is 11.6 Å². The monoisotopic (exact) mass is 514 g/mol. The van der Waals surface area contributed by atoms with E-state index < -0.39 is 68.4 Å². The number of nitrogens with zero attached hydrogens (tertiary/aromatic N) is 2. The molecule has 0 saturated carbocycles. The number of benzene rings is 1. The number of nitrogens with one attached hydrogen (secondary N) is 2. The number of amides is 2. The zero-order valence-electron chi connectivity index (χ0n) is 25.1. The summed E-state index contributed by atoms with van der Waals surface area (Å²) in [7, 11) is -5.08. The lowest BCUT2D eigenvalue weighted by Gasteiger charge is -2.26.